The summed E-state index contributed by atoms with van der Waals surface area (Å²) in [5.74, 6) is 0.903. The maximum Gasteiger partial charge on any atom is 0.161 e. The molecule has 0 aliphatic rings. The van der Waals surface area contributed by atoms with Gasteiger partial charge in [0.1, 0.15) is 5.82 Å². The summed E-state index contributed by atoms with van der Waals surface area (Å²) in [5.41, 5.74) is 1.98. The first-order valence-electron chi connectivity index (χ1n) is 4.56. The molecule has 0 spiro atoms. The van der Waals surface area contributed by atoms with Crippen LogP contribution in [-0.4, -0.2) is 9.97 Å². The molecule has 0 unspecified atom stereocenters. The van der Waals surface area contributed by atoms with Crippen molar-refractivity contribution in [2.45, 2.75) is 13.3 Å². The Kier molecular flexibility index (Phi) is 3.40. The number of anilines is 1. The number of hydrogen-bond donors (Lipinski definition) is 1. The summed E-state index contributed by atoms with van der Waals surface area (Å²) < 4.78 is 4.04. The molecule has 2 heterocycles. The second kappa shape index (κ2) is 4.61. The highest BCUT2D eigenvalue weighted by Gasteiger charge is 2.05. The van der Waals surface area contributed by atoms with Crippen LogP contribution >= 0.6 is 38.8 Å². The minimum Gasteiger partial charge on any atom is -0.313 e. The molecule has 0 aliphatic heterocycles. The van der Waals surface area contributed by atoms with Crippen LogP contribution in [0.3, 0.4) is 0 Å². The first kappa shape index (κ1) is 11.1. The van der Waals surface area contributed by atoms with Crippen LogP contribution in [0.5, 0.6) is 0 Å². The molecule has 3 nitrogen and oxygen atoms in total. The Morgan fingerprint density at radius 1 is 1.47 bits per heavy atom. The van der Waals surface area contributed by atoms with E-state index >= 15 is 0 Å². The van der Waals surface area contributed by atoms with Gasteiger partial charge in [-0.25, -0.2) is 9.97 Å². The van der Waals surface area contributed by atoms with Crippen molar-refractivity contribution in [3.63, 3.8) is 0 Å². The van der Waals surface area contributed by atoms with Gasteiger partial charge in [0.05, 0.1) is 22.9 Å². The van der Waals surface area contributed by atoms with Crippen LogP contribution in [0, 0.1) is 0 Å². The maximum atomic E-state index is 4.46. The highest BCUT2D eigenvalue weighted by Crippen LogP contribution is 2.22. The molecule has 1 N–H and O–H groups in total. The zero-order valence-electron chi connectivity index (χ0n) is 8.09. The third-order valence-electron chi connectivity index (χ3n) is 2.18. The number of hydrogen-bond acceptors (Lipinski definition) is 3. The van der Waals surface area contributed by atoms with Crippen LogP contribution < -0.4 is 3.53 Å². The zero-order valence-corrected chi connectivity index (χ0v) is 11.8. The summed E-state index contributed by atoms with van der Waals surface area (Å²) in [6, 6.07) is 4.16. The predicted octanol–water partition coefficient (Wildman–Crippen LogP) is 3.72. The Morgan fingerprint density at radius 3 is 2.93 bits per heavy atom. The van der Waals surface area contributed by atoms with E-state index in [4.69, 9.17) is 0 Å². The monoisotopic (exact) mass is 377 g/mol. The minimum absolute atomic E-state index is 0.773. The molecule has 15 heavy (non-hydrogen) atoms. The quantitative estimate of drug-likeness (QED) is 0.640. The van der Waals surface area contributed by atoms with Gasteiger partial charge in [-0.05, 0) is 40.0 Å². The van der Waals surface area contributed by atoms with Crippen molar-refractivity contribution in [2.24, 2.45) is 0 Å². The maximum absolute atomic E-state index is 4.46. The number of nitrogens with zero attached hydrogens (tertiary/aromatic N) is 2. The summed E-state index contributed by atoms with van der Waals surface area (Å²) in [7, 11) is 0. The van der Waals surface area contributed by atoms with Gasteiger partial charge < -0.3 is 3.53 Å². The molecular weight excluding hydrogens is 369 g/mol. The summed E-state index contributed by atoms with van der Waals surface area (Å²) in [5, 5.41) is 1.07. The average Bonchev–Trinajstić information content (AvgIpc) is 2.27. The standard InChI is InChI=1S/C10H9BrIN3/c1-2-6-3-7-4-8(11)5-13-9(7)14-10(6)15-12/h3-5H,2H2,1H3,(H,13,14,15). The largest absolute Gasteiger partial charge is 0.313 e. The van der Waals surface area contributed by atoms with E-state index in [2.05, 4.69) is 65.3 Å². The Balaban J connectivity index is 2.69. The third-order valence-corrected chi connectivity index (χ3v) is 3.13. The summed E-state index contributed by atoms with van der Waals surface area (Å²) in [6.07, 6.45) is 2.72. The molecule has 5 heteroatoms. The Labute approximate surface area is 110 Å². The molecule has 0 saturated heterocycles. The molecular formula is C10H9BrIN3. The van der Waals surface area contributed by atoms with Crippen LogP contribution in [0.25, 0.3) is 11.0 Å². The number of aryl methyl sites for hydroxylation is 1. The van der Waals surface area contributed by atoms with E-state index < -0.39 is 0 Å². The molecule has 78 valence electrons. The van der Waals surface area contributed by atoms with Gasteiger partial charge in [-0.3, -0.25) is 0 Å². The number of rotatable bonds is 2. The van der Waals surface area contributed by atoms with Gasteiger partial charge >= 0.3 is 0 Å². The molecule has 0 atom stereocenters. The van der Waals surface area contributed by atoms with E-state index in [0.29, 0.717) is 0 Å². The number of pyridine rings is 2. The Bertz CT molecular complexity index is 501. The van der Waals surface area contributed by atoms with Crippen molar-refractivity contribution >= 4 is 55.6 Å². The lowest BCUT2D eigenvalue weighted by molar-refractivity contribution is 1.12. The van der Waals surface area contributed by atoms with Crippen LogP contribution in [0.2, 0.25) is 0 Å². The predicted molar refractivity (Wildman–Crippen MR) is 74.3 cm³/mol. The van der Waals surface area contributed by atoms with Crippen LogP contribution in [0.1, 0.15) is 12.5 Å². The summed E-state index contributed by atoms with van der Waals surface area (Å²) >= 11 is 5.50. The van der Waals surface area contributed by atoms with Gasteiger partial charge in [0.2, 0.25) is 0 Å². The minimum atomic E-state index is 0.773. The topological polar surface area (TPSA) is 37.8 Å². The smallest absolute Gasteiger partial charge is 0.161 e. The van der Waals surface area contributed by atoms with Gasteiger partial charge in [0.25, 0.3) is 0 Å². The first-order chi connectivity index (χ1) is 7.24. The molecule has 0 saturated carbocycles. The van der Waals surface area contributed by atoms with Crippen molar-refractivity contribution in [1.29, 1.82) is 0 Å². The second-order valence-corrected chi connectivity index (χ2v) is 4.60. The fourth-order valence-electron chi connectivity index (χ4n) is 1.43. The van der Waals surface area contributed by atoms with E-state index in [1.165, 1.54) is 5.56 Å². The Hall–Kier alpha value is -0.430. The van der Waals surface area contributed by atoms with Crippen molar-refractivity contribution in [1.82, 2.24) is 9.97 Å². The van der Waals surface area contributed by atoms with Gasteiger partial charge in [-0.1, -0.05) is 6.92 Å². The summed E-state index contributed by atoms with van der Waals surface area (Å²) in [4.78, 5) is 8.72. The average molecular weight is 378 g/mol. The Morgan fingerprint density at radius 2 is 2.27 bits per heavy atom. The van der Waals surface area contributed by atoms with Gasteiger partial charge in [-0.2, -0.15) is 0 Å². The van der Waals surface area contributed by atoms with E-state index in [9.17, 15) is 0 Å². The highest BCUT2D eigenvalue weighted by molar-refractivity contribution is 14.1. The SMILES string of the molecule is CCc1cc2cc(Br)cnc2nc1NI. The van der Waals surface area contributed by atoms with Crippen LogP contribution in [0.4, 0.5) is 5.82 Å². The van der Waals surface area contributed by atoms with Crippen molar-refractivity contribution < 1.29 is 0 Å². The molecule has 2 rings (SSSR count). The molecule has 0 aromatic carbocycles. The molecule has 0 amide bonds. The van der Waals surface area contributed by atoms with E-state index in [0.717, 1.165) is 27.7 Å². The normalized spacial score (nSPS) is 10.6. The number of halogens is 2. The zero-order chi connectivity index (χ0) is 10.8. The lowest BCUT2D eigenvalue weighted by Crippen LogP contribution is -1.95. The van der Waals surface area contributed by atoms with E-state index in [-0.39, 0.29) is 0 Å². The second-order valence-electron chi connectivity index (χ2n) is 3.14. The van der Waals surface area contributed by atoms with Gasteiger partial charge in [-0.15, -0.1) is 0 Å². The number of fused-ring (bicyclic) bond motifs is 1. The lowest BCUT2D eigenvalue weighted by Gasteiger charge is -2.06. The molecule has 0 bridgehead atoms. The fraction of sp³-hybridized carbons (Fsp3) is 0.200. The summed E-state index contributed by atoms with van der Waals surface area (Å²) in [6.45, 7) is 2.12. The highest BCUT2D eigenvalue weighted by atomic mass is 127. The van der Waals surface area contributed by atoms with Crippen molar-refractivity contribution in [3.8, 4) is 0 Å². The lowest BCUT2D eigenvalue weighted by atomic mass is 10.1. The number of nitrogens with one attached hydrogen (secondary N) is 1. The van der Waals surface area contributed by atoms with Gasteiger partial charge in [0.15, 0.2) is 5.65 Å². The molecule has 0 fully saturated rings. The van der Waals surface area contributed by atoms with Crippen LogP contribution in [0.15, 0.2) is 22.8 Å². The molecule has 0 radical (unpaired) electrons. The molecule has 0 aliphatic carbocycles. The van der Waals surface area contributed by atoms with Crippen molar-refractivity contribution in [2.75, 3.05) is 3.53 Å². The fourth-order valence-corrected chi connectivity index (χ4v) is 2.25. The van der Waals surface area contributed by atoms with Crippen molar-refractivity contribution in [3.05, 3.63) is 28.4 Å². The number of aromatic nitrogens is 2. The van der Waals surface area contributed by atoms with E-state index in [1.807, 2.05) is 6.07 Å². The molecule has 2 aromatic rings. The van der Waals surface area contributed by atoms with E-state index in [1.54, 1.807) is 6.20 Å². The third kappa shape index (κ3) is 2.23. The van der Waals surface area contributed by atoms with Crippen LogP contribution in [-0.2, 0) is 6.42 Å². The van der Waals surface area contributed by atoms with Gasteiger partial charge in [0, 0.05) is 16.1 Å². The molecule has 2 aromatic heterocycles. The first-order valence-corrected chi connectivity index (χ1v) is 6.43.